The van der Waals surface area contributed by atoms with Crippen LogP contribution in [0.15, 0.2) is 12.7 Å². The quantitative estimate of drug-likeness (QED) is 0.552. The van der Waals surface area contributed by atoms with Gasteiger partial charge in [-0.3, -0.25) is 0 Å². The predicted octanol–water partition coefficient (Wildman–Crippen LogP) is 1.43. The molecule has 0 heterocycles. The molecule has 0 aromatic carbocycles. The summed E-state index contributed by atoms with van der Waals surface area (Å²) in [4.78, 5) is 10.8. The Morgan fingerprint density at radius 1 is 1.44 bits per heavy atom. The van der Waals surface area contributed by atoms with Crippen LogP contribution in [0.1, 0.15) is 32.1 Å². The zero-order chi connectivity index (χ0) is 11.8. The maximum atomic E-state index is 10.8. The lowest BCUT2D eigenvalue weighted by molar-refractivity contribution is -0.146. The molecule has 1 aliphatic carbocycles. The first-order valence-corrected chi connectivity index (χ1v) is 5.81. The van der Waals surface area contributed by atoms with E-state index < -0.39 is 12.1 Å². The van der Waals surface area contributed by atoms with Crippen LogP contribution < -0.4 is 0 Å². The zero-order valence-electron chi connectivity index (χ0n) is 9.56. The summed E-state index contributed by atoms with van der Waals surface area (Å²) in [6.07, 6.45) is 6.58. The molecular weight excluding hydrogens is 208 g/mol. The second-order valence-corrected chi connectivity index (χ2v) is 4.03. The summed E-state index contributed by atoms with van der Waals surface area (Å²) >= 11 is 0. The van der Waals surface area contributed by atoms with Crippen LogP contribution in [0.5, 0.6) is 0 Å². The van der Waals surface area contributed by atoms with Crippen molar-refractivity contribution in [2.75, 3.05) is 13.2 Å². The standard InChI is InChI=1S/C12H20O4/c1-2-12(14)15-9-11(8-13)16-10-6-4-3-5-7-10/h2,10-11,13H,1,3-9H2. The van der Waals surface area contributed by atoms with E-state index in [0.29, 0.717) is 0 Å². The van der Waals surface area contributed by atoms with Crippen molar-refractivity contribution in [3.8, 4) is 0 Å². The van der Waals surface area contributed by atoms with Crippen molar-refractivity contribution in [2.24, 2.45) is 0 Å². The Hall–Kier alpha value is -0.870. The van der Waals surface area contributed by atoms with Crippen LogP contribution in [0.3, 0.4) is 0 Å². The summed E-state index contributed by atoms with van der Waals surface area (Å²) in [5, 5.41) is 9.10. The van der Waals surface area contributed by atoms with E-state index in [-0.39, 0.29) is 19.3 Å². The van der Waals surface area contributed by atoms with Crippen molar-refractivity contribution in [1.29, 1.82) is 0 Å². The first kappa shape index (κ1) is 13.2. The molecule has 0 radical (unpaired) electrons. The maximum absolute atomic E-state index is 10.8. The summed E-state index contributed by atoms with van der Waals surface area (Å²) in [5.41, 5.74) is 0. The molecule has 1 N–H and O–H groups in total. The van der Waals surface area contributed by atoms with Crippen LogP contribution in [0, 0.1) is 0 Å². The number of rotatable bonds is 6. The third kappa shape index (κ3) is 4.77. The predicted molar refractivity (Wildman–Crippen MR) is 60.0 cm³/mol. The molecule has 0 aliphatic heterocycles. The third-order valence-corrected chi connectivity index (χ3v) is 2.72. The van der Waals surface area contributed by atoms with E-state index in [1.54, 1.807) is 0 Å². The highest BCUT2D eigenvalue weighted by Gasteiger charge is 2.19. The molecule has 16 heavy (non-hydrogen) atoms. The van der Waals surface area contributed by atoms with Gasteiger partial charge in [-0.1, -0.05) is 25.8 Å². The van der Waals surface area contributed by atoms with Gasteiger partial charge in [-0.05, 0) is 12.8 Å². The van der Waals surface area contributed by atoms with Gasteiger partial charge in [0.25, 0.3) is 0 Å². The molecule has 0 amide bonds. The lowest BCUT2D eigenvalue weighted by Crippen LogP contribution is -2.31. The Morgan fingerprint density at radius 3 is 2.69 bits per heavy atom. The average molecular weight is 228 g/mol. The van der Waals surface area contributed by atoms with Gasteiger partial charge in [0.1, 0.15) is 12.7 Å². The highest BCUT2D eigenvalue weighted by molar-refractivity contribution is 5.81. The fraction of sp³-hybridized carbons (Fsp3) is 0.750. The summed E-state index contributed by atoms with van der Waals surface area (Å²) in [6.45, 7) is 3.27. The smallest absolute Gasteiger partial charge is 0.330 e. The summed E-state index contributed by atoms with van der Waals surface area (Å²) < 4.78 is 10.5. The normalized spacial score (nSPS) is 19.1. The van der Waals surface area contributed by atoms with E-state index in [9.17, 15) is 4.79 Å². The van der Waals surface area contributed by atoms with E-state index in [4.69, 9.17) is 14.6 Å². The molecule has 92 valence electrons. The SMILES string of the molecule is C=CC(=O)OCC(CO)OC1CCCCC1. The van der Waals surface area contributed by atoms with Crippen molar-refractivity contribution >= 4 is 5.97 Å². The van der Waals surface area contributed by atoms with E-state index in [2.05, 4.69) is 6.58 Å². The first-order chi connectivity index (χ1) is 7.76. The Kier molecular flexibility index (Phi) is 6.11. The highest BCUT2D eigenvalue weighted by atomic mass is 16.6. The number of aliphatic hydroxyl groups excluding tert-OH is 1. The largest absolute Gasteiger partial charge is 0.460 e. The minimum absolute atomic E-state index is 0.0951. The van der Waals surface area contributed by atoms with Gasteiger partial charge in [-0.15, -0.1) is 0 Å². The van der Waals surface area contributed by atoms with Gasteiger partial charge in [-0.2, -0.15) is 0 Å². The van der Waals surface area contributed by atoms with Gasteiger partial charge >= 0.3 is 5.97 Å². The van der Waals surface area contributed by atoms with Crippen molar-refractivity contribution in [1.82, 2.24) is 0 Å². The molecule has 4 heteroatoms. The number of aliphatic hydroxyl groups is 1. The van der Waals surface area contributed by atoms with Crippen molar-refractivity contribution < 1.29 is 19.4 Å². The molecule has 0 spiro atoms. The molecule has 0 saturated heterocycles. The lowest BCUT2D eigenvalue weighted by Gasteiger charge is -2.26. The number of carbonyl (C=O) groups is 1. The van der Waals surface area contributed by atoms with Crippen LogP contribution in [-0.4, -0.2) is 36.5 Å². The molecule has 1 atom stereocenters. The van der Waals surface area contributed by atoms with Gasteiger partial charge in [0.2, 0.25) is 0 Å². The van der Waals surface area contributed by atoms with Crippen molar-refractivity contribution in [3.63, 3.8) is 0 Å². The topological polar surface area (TPSA) is 55.8 Å². The van der Waals surface area contributed by atoms with Crippen molar-refractivity contribution in [2.45, 2.75) is 44.3 Å². The van der Waals surface area contributed by atoms with Crippen LogP contribution in [0.25, 0.3) is 0 Å². The Balaban J connectivity index is 2.24. The Labute approximate surface area is 96.2 Å². The highest BCUT2D eigenvalue weighted by Crippen LogP contribution is 2.21. The Bertz CT molecular complexity index is 221. The summed E-state index contributed by atoms with van der Waals surface area (Å²) in [7, 11) is 0. The van der Waals surface area contributed by atoms with Gasteiger partial charge in [-0.25, -0.2) is 4.79 Å². The lowest BCUT2D eigenvalue weighted by atomic mass is 9.98. The molecule has 1 unspecified atom stereocenters. The minimum Gasteiger partial charge on any atom is -0.460 e. The van der Waals surface area contributed by atoms with Crippen molar-refractivity contribution in [3.05, 3.63) is 12.7 Å². The minimum atomic E-state index is -0.481. The molecule has 4 nitrogen and oxygen atoms in total. The van der Waals surface area contributed by atoms with Gasteiger partial charge in [0.05, 0.1) is 12.7 Å². The molecule has 1 rings (SSSR count). The number of hydrogen-bond acceptors (Lipinski definition) is 4. The fourth-order valence-electron chi connectivity index (χ4n) is 1.84. The first-order valence-electron chi connectivity index (χ1n) is 5.81. The second-order valence-electron chi connectivity index (χ2n) is 4.03. The molecule has 1 fully saturated rings. The second kappa shape index (κ2) is 7.41. The van der Waals surface area contributed by atoms with Crippen LogP contribution in [0.2, 0.25) is 0 Å². The number of ether oxygens (including phenoxy) is 2. The monoisotopic (exact) mass is 228 g/mol. The van der Waals surface area contributed by atoms with E-state index in [1.165, 1.54) is 19.3 Å². The van der Waals surface area contributed by atoms with Crippen LogP contribution >= 0.6 is 0 Å². The van der Waals surface area contributed by atoms with Gasteiger partial charge in [0, 0.05) is 6.08 Å². The molecule has 1 aliphatic rings. The molecule has 0 aromatic rings. The van der Waals surface area contributed by atoms with Gasteiger partial charge in [0.15, 0.2) is 0 Å². The fourth-order valence-corrected chi connectivity index (χ4v) is 1.84. The molecule has 1 saturated carbocycles. The number of esters is 1. The third-order valence-electron chi connectivity index (χ3n) is 2.72. The molecular formula is C12H20O4. The number of hydrogen-bond donors (Lipinski definition) is 1. The molecule has 0 aromatic heterocycles. The van der Waals surface area contributed by atoms with E-state index in [1.807, 2.05) is 0 Å². The summed E-state index contributed by atoms with van der Waals surface area (Å²) in [6, 6.07) is 0. The summed E-state index contributed by atoms with van der Waals surface area (Å²) in [5.74, 6) is -0.481. The number of carbonyl (C=O) groups excluding carboxylic acids is 1. The maximum Gasteiger partial charge on any atom is 0.330 e. The van der Waals surface area contributed by atoms with E-state index >= 15 is 0 Å². The van der Waals surface area contributed by atoms with Crippen LogP contribution in [-0.2, 0) is 14.3 Å². The zero-order valence-corrected chi connectivity index (χ0v) is 9.56. The Morgan fingerprint density at radius 2 is 2.12 bits per heavy atom. The van der Waals surface area contributed by atoms with Crippen LogP contribution in [0.4, 0.5) is 0 Å². The average Bonchev–Trinajstić information content (AvgIpc) is 2.35. The van der Waals surface area contributed by atoms with Gasteiger partial charge < -0.3 is 14.6 Å². The molecule has 0 bridgehead atoms. The van der Waals surface area contributed by atoms with E-state index in [0.717, 1.165) is 18.9 Å².